The molecule has 1 saturated heterocycles. The predicted molar refractivity (Wildman–Crippen MR) is 79.3 cm³/mol. The lowest BCUT2D eigenvalue weighted by Crippen LogP contribution is -2.27. The van der Waals surface area contributed by atoms with Crippen LogP contribution in [0.25, 0.3) is 11.0 Å². The van der Waals surface area contributed by atoms with E-state index >= 15 is 0 Å². The Labute approximate surface area is 132 Å². The standard InChI is InChI=1S/C17H16FNO4/c18-12-1-4-14-11(6-12)7-15(23-14)17(21)22-9-10-5-16(20)19(8-10)13-2-3-13/h1,4,6-7,10,13H,2-3,5,8-9H2/t10-/m0/s1. The molecule has 0 bridgehead atoms. The molecule has 1 atom stereocenters. The second kappa shape index (κ2) is 5.37. The van der Waals surface area contributed by atoms with E-state index in [2.05, 4.69) is 0 Å². The number of amides is 1. The molecule has 23 heavy (non-hydrogen) atoms. The molecule has 2 fully saturated rings. The van der Waals surface area contributed by atoms with Crippen LogP contribution in [0.3, 0.4) is 0 Å². The van der Waals surface area contributed by atoms with Crippen molar-refractivity contribution < 1.29 is 23.1 Å². The van der Waals surface area contributed by atoms with Gasteiger partial charge < -0.3 is 14.1 Å². The topological polar surface area (TPSA) is 59.8 Å². The number of hydrogen-bond acceptors (Lipinski definition) is 4. The molecule has 2 heterocycles. The van der Waals surface area contributed by atoms with E-state index in [-0.39, 0.29) is 30.0 Å². The van der Waals surface area contributed by atoms with Crippen molar-refractivity contribution in [2.45, 2.75) is 25.3 Å². The summed E-state index contributed by atoms with van der Waals surface area (Å²) in [4.78, 5) is 25.8. The zero-order chi connectivity index (χ0) is 16.0. The lowest BCUT2D eigenvalue weighted by Gasteiger charge is -2.15. The van der Waals surface area contributed by atoms with E-state index in [1.54, 1.807) is 0 Å². The van der Waals surface area contributed by atoms with Crippen LogP contribution in [0.15, 0.2) is 28.7 Å². The highest BCUT2D eigenvalue weighted by molar-refractivity contribution is 5.92. The van der Waals surface area contributed by atoms with Crippen molar-refractivity contribution in [3.63, 3.8) is 0 Å². The number of halogens is 1. The summed E-state index contributed by atoms with van der Waals surface area (Å²) in [7, 11) is 0. The van der Waals surface area contributed by atoms with E-state index in [0.29, 0.717) is 30.0 Å². The van der Waals surface area contributed by atoms with Gasteiger partial charge in [0.05, 0.1) is 6.61 Å². The van der Waals surface area contributed by atoms with E-state index in [1.807, 2.05) is 4.90 Å². The maximum atomic E-state index is 13.1. The smallest absolute Gasteiger partial charge is 0.374 e. The van der Waals surface area contributed by atoms with Gasteiger partial charge in [0.15, 0.2) is 0 Å². The van der Waals surface area contributed by atoms with Crippen molar-refractivity contribution >= 4 is 22.8 Å². The second-order valence-electron chi connectivity index (χ2n) is 6.24. The first-order valence-electron chi connectivity index (χ1n) is 7.76. The Hall–Kier alpha value is -2.37. The molecule has 1 saturated carbocycles. The predicted octanol–water partition coefficient (Wildman–Crippen LogP) is 2.74. The maximum absolute atomic E-state index is 13.1. The lowest BCUT2D eigenvalue weighted by molar-refractivity contribution is -0.128. The quantitative estimate of drug-likeness (QED) is 0.814. The highest BCUT2D eigenvalue weighted by Crippen LogP contribution is 2.32. The summed E-state index contributed by atoms with van der Waals surface area (Å²) in [5, 5.41) is 0.521. The van der Waals surface area contributed by atoms with Gasteiger partial charge in [-0.25, -0.2) is 9.18 Å². The Balaban J connectivity index is 1.38. The van der Waals surface area contributed by atoms with Crippen molar-refractivity contribution in [2.24, 2.45) is 5.92 Å². The number of furan rings is 1. The first kappa shape index (κ1) is 14.2. The van der Waals surface area contributed by atoms with Gasteiger partial charge in [-0.15, -0.1) is 0 Å². The second-order valence-corrected chi connectivity index (χ2v) is 6.24. The van der Waals surface area contributed by atoms with Crippen LogP contribution in [0.2, 0.25) is 0 Å². The van der Waals surface area contributed by atoms with E-state index in [0.717, 1.165) is 12.8 Å². The largest absolute Gasteiger partial charge is 0.459 e. The minimum atomic E-state index is -0.584. The molecule has 0 N–H and O–H groups in total. The number of esters is 1. The molecule has 1 aromatic carbocycles. The van der Waals surface area contributed by atoms with Crippen molar-refractivity contribution in [3.05, 3.63) is 35.8 Å². The molecule has 1 aliphatic heterocycles. The molecule has 1 aliphatic carbocycles. The lowest BCUT2D eigenvalue weighted by atomic mass is 10.1. The minimum absolute atomic E-state index is 0.0360. The molecule has 0 unspecified atom stereocenters. The van der Waals surface area contributed by atoms with E-state index in [4.69, 9.17) is 9.15 Å². The molecule has 1 aromatic heterocycles. The zero-order valence-corrected chi connectivity index (χ0v) is 12.5. The van der Waals surface area contributed by atoms with Crippen molar-refractivity contribution in [1.82, 2.24) is 4.90 Å². The van der Waals surface area contributed by atoms with Gasteiger partial charge in [0.1, 0.15) is 11.4 Å². The van der Waals surface area contributed by atoms with Gasteiger partial charge in [0.25, 0.3) is 0 Å². The molecule has 4 rings (SSSR count). The summed E-state index contributed by atoms with van der Waals surface area (Å²) < 4.78 is 23.8. The first-order chi connectivity index (χ1) is 11.1. The van der Waals surface area contributed by atoms with E-state index in [9.17, 15) is 14.0 Å². The van der Waals surface area contributed by atoms with Crippen LogP contribution in [0.4, 0.5) is 4.39 Å². The molecular weight excluding hydrogens is 301 g/mol. The molecule has 1 amide bonds. The van der Waals surface area contributed by atoms with Gasteiger partial charge in [-0.3, -0.25) is 4.79 Å². The molecule has 6 heteroatoms. The molecule has 120 valence electrons. The van der Waals surface area contributed by atoms with Crippen LogP contribution in [-0.2, 0) is 9.53 Å². The van der Waals surface area contributed by atoms with Gasteiger partial charge in [0, 0.05) is 30.3 Å². The highest BCUT2D eigenvalue weighted by atomic mass is 19.1. The maximum Gasteiger partial charge on any atom is 0.374 e. The Kier molecular flexibility index (Phi) is 3.32. The third-order valence-corrected chi connectivity index (χ3v) is 4.36. The Morgan fingerprint density at radius 1 is 1.35 bits per heavy atom. The third-order valence-electron chi connectivity index (χ3n) is 4.36. The van der Waals surface area contributed by atoms with Crippen LogP contribution in [0.1, 0.15) is 29.8 Å². The SMILES string of the molecule is O=C(OC[C@H]1CC(=O)N(C2CC2)C1)c1cc2cc(F)ccc2o1. The summed E-state index contributed by atoms with van der Waals surface area (Å²) in [5.74, 6) is -0.739. The van der Waals surface area contributed by atoms with Crippen LogP contribution in [-0.4, -0.2) is 36.0 Å². The molecule has 0 spiro atoms. The van der Waals surface area contributed by atoms with Crippen LogP contribution >= 0.6 is 0 Å². The van der Waals surface area contributed by atoms with Crippen molar-refractivity contribution in [2.75, 3.05) is 13.2 Å². The fraction of sp³-hybridized carbons (Fsp3) is 0.412. The van der Waals surface area contributed by atoms with Crippen molar-refractivity contribution in [1.29, 1.82) is 0 Å². The molecule has 5 nitrogen and oxygen atoms in total. The number of carbonyl (C=O) groups is 2. The summed E-state index contributed by atoms with van der Waals surface area (Å²) in [6.45, 7) is 0.849. The zero-order valence-electron chi connectivity index (χ0n) is 12.5. The number of rotatable bonds is 4. The van der Waals surface area contributed by atoms with Crippen LogP contribution in [0.5, 0.6) is 0 Å². The van der Waals surface area contributed by atoms with Gasteiger partial charge >= 0.3 is 5.97 Å². The fourth-order valence-electron chi connectivity index (χ4n) is 3.04. The first-order valence-corrected chi connectivity index (χ1v) is 7.76. The Morgan fingerprint density at radius 2 is 2.17 bits per heavy atom. The van der Waals surface area contributed by atoms with Gasteiger partial charge in [-0.2, -0.15) is 0 Å². The Morgan fingerprint density at radius 3 is 2.96 bits per heavy atom. The van der Waals surface area contributed by atoms with Gasteiger partial charge in [0.2, 0.25) is 11.7 Å². The van der Waals surface area contributed by atoms with Crippen LogP contribution in [0, 0.1) is 11.7 Å². The summed E-state index contributed by atoms with van der Waals surface area (Å²) >= 11 is 0. The number of likely N-dealkylation sites (tertiary alicyclic amines) is 1. The number of fused-ring (bicyclic) bond motifs is 1. The molecule has 2 aliphatic rings. The summed E-state index contributed by atoms with van der Waals surface area (Å²) in [6.07, 6.45) is 2.58. The number of hydrogen-bond donors (Lipinski definition) is 0. The molecule has 0 radical (unpaired) electrons. The number of carbonyl (C=O) groups excluding carboxylic acids is 2. The van der Waals surface area contributed by atoms with E-state index in [1.165, 1.54) is 24.3 Å². The van der Waals surface area contributed by atoms with Gasteiger partial charge in [-0.05, 0) is 37.1 Å². The number of ether oxygens (including phenoxy) is 1. The molecular formula is C17H16FNO4. The average Bonchev–Trinajstić information content (AvgIpc) is 3.17. The minimum Gasteiger partial charge on any atom is -0.459 e. The van der Waals surface area contributed by atoms with E-state index < -0.39 is 5.97 Å². The normalized spacial score (nSPS) is 21.2. The van der Waals surface area contributed by atoms with Crippen molar-refractivity contribution in [3.8, 4) is 0 Å². The highest BCUT2D eigenvalue weighted by Gasteiger charge is 2.39. The van der Waals surface area contributed by atoms with Gasteiger partial charge in [-0.1, -0.05) is 0 Å². The monoisotopic (exact) mass is 317 g/mol. The fourth-order valence-corrected chi connectivity index (χ4v) is 3.04. The summed E-state index contributed by atoms with van der Waals surface area (Å²) in [5.41, 5.74) is 0.439. The number of nitrogens with zero attached hydrogens (tertiary/aromatic N) is 1. The number of benzene rings is 1. The Bertz CT molecular complexity index is 780. The molecule has 2 aromatic rings. The third kappa shape index (κ3) is 2.81. The summed E-state index contributed by atoms with van der Waals surface area (Å²) in [6, 6.07) is 5.92. The average molecular weight is 317 g/mol. The van der Waals surface area contributed by atoms with Crippen LogP contribution < -0.4 is 0 Å².